The fourth-order valence-electron chi connectivity index (χ4n) is 0.606. The number of hydrogen-bond acceptors (Lipinski definition) is 3. The Bertz CT molecular complexity index is 188. The predicted octanol–water partition coefficient (Wildman–Crippen LogP) is -0.0925. The van der Waals surface area contributed by atoms with Gasteiger partial charge in [0.15, 0.2) is 0 Å². The first-order chi connectivity index (χ1) is 4.84. The lowest BCUT2D eigenvalue weighted by molar-refractivity contribution is 0.0920. The maximum absolute atomic E-state index is 8.99. The second-order valence-corrected chi connectivity index (χ2v) is 1.87. The van der Waals surface area contributed by atoms with Gasteiger partial charge in [-0.1, -0.05) is 6.07 Å². The van der Waals surface area contributed by atoms with Crippen LogP contribution in [0.1, 0.15) is 11.8 Å². The summed E-state index contributed by atoms with van der Waals surface area (Å²) < 4.78 is 0. The van der Waals surface area contributed by atoms with E-state index in [1.165, 1.54) is 0 Å². The SMILES string of the molecule is OCC(O)c1[c]cccn1. The van der Waals surface area contributed by atoms with Crippen molar-refractivity contribution in [3.05, 3.63) is 30.1 Å². The van der Waals surface area contributed by atoms with Crippen molar-refractivity contribution in [1.29, 1.82) is 0 Å². The molecule has 10 heavy (non-hydrogen) atoms. The van der Waals surface area contributed by atoms with Crippen molar-refractivity contribution in [1.82, 2.24) is 4.98 Å². The fourth-order valence-corrected chi connectivity index (χ4v) is 0.606. The molecule has 0 aliphatic carbocycles. The molecule has 0 spiro atoms. The third-order valence-corrected chi connectivity index (χ3v) is 1.12. The monoisotopic (exact) mass is 138 g/mol. The third-order valence-electron chi connectivity index (χ3n) is 1.12. The lowest BCUT2D eigenvalue weighted by Gasteiger charge is -2.03. The second-order valence-electron chi connectivity index (χ2n) is 1.87. The molecule has 1 heterocycles. The summed E-state index contributed by atoms with van der Waals surface area (Å²) >= 11 is 0. The maximum atomic E-state index is 8.99. The summed E-state index contributed by atoms with van der Waals surface area (Å²) in [5, 5.41) is 17.5. The Hall–Kier alpha value is -0.930. The van der Waals surface area contributed by atoms with Crippen LogP contribution in [-0.2, 0) is 0 Å². The first-order valence-corrected chi connectivity index (χ1v) is 2.96. The van der Waals surface area contributed by atoms with Crippen molar-refractivity contribution in [3.63, 3.8) is 0 Å². The van der Waals surface area contributed by atoms with Gasteiger partial charge in [-0.05, 0) is 6.07 Å². The normalized spacial score (nSPS) is 13.0. The Morgan fingerprint density at radius 1 is 1.70 bits per heavy atom. The first kappa shape index (κ1) is 7.18. The van der Waals surface area contributed by atoms with Gasteiger partial charge in [-0.3, -0.25) is 4.98 Å². The van der Waals surface area contributed by atoms with Crippen molar-refractivity contribution in [3.8, 4) is 0 Å². The Morgan fingerprint density at radius 2 is 2.50 bits per heavy atom. The zero-order valence-corrected chi connectivity index (χ0v) is 5.36. The van der Waals surface area contributed by atoms with E-state index in [0.29, 0.717) is 5.69 Å². The van der Waals surface area contributed by atoms with Crippen LogP contribution in [0.5, 0.6) is 0 Å². The van der Waals surface area contributed by atoms with E-state index in [2.05, 4.69) is 11.1 Å². The van der Waals surface area contributed by atoms with Gasteiger partial charge in [0.25, 0.3) is 0 Å². The van der Waals surface area contributed by atoms with E-state index in [9.17, 15) is 0 Å². The van der Waals surface area contributed by atoms with E-state index in [0.717, 1.165) is 0 Å². The molecule has 1 radical (unpaired) electrons. The second kappa shape index (κ2) is 3.29. The summed E-state index contributed by atoms with van der Waals surface area (Å²) in [4.78, 5) is 3.78. The number of aliphatic hydroxyl groups excluding tert-OH is 2. The van der Waals surface area contributed by atoms with Crippen molar-refractivity contribution < 1.29 is 10.2 Å². The lowest BCUT2D eigenvalue weighted by atomic mass is 10.2. The minimum Gasteiger partial charge on any atom is -0.393 e. The molecule has 0 saturated heterocycles. The van der Waals surface area contributed by atoms with Gasteiger partial charge in [-0.25, -0.2) is 0 Å². The highest BCUT2D eigenvalue weighted by molar-refractivity contribution is 5.04. The summed E-state index contributed by atoms with van der Waals surface area (Å²) in [7, 11) is 0. The van der Waals surface area contributed by atoms with Crippen LogP contribution in [0, 0.1) is 6.07 Å². The number of rotatable bonds is 2. The zero-order chi connectivity index (χ0) is 7.40. The minimum atomic E-state index is -0.902. The van der Waals surface area contributed by atoms with Gasteiger partial charge in [0.1, 0.15) is 6.10 Å². The van der Waals surface area contributed by atoms with E-state index in [1.807, 2.05) is 0 Å². The van der Waals surface area contributed by atoms with Crippen molar-refractivity contribution in [2.45, 2.75) is 6.10 Å². The van der Waals surface area contributed by atoms with Gasteiger partial charge in [-0.2, -0.15) is 0 Å². The molecule has 0 amide bonds. The van der Waals surface area contributed by atoms with Crippen LogP contribution in [-0.4, -0.2) is 21.8 Å². The summed E-state index contributed by atoms with van der Waals surface area (Å²) in [6, 6.07) is 6.04. The molecule has 3 nitrogen and oxygen atoms in total. The van der Waals surface area contributed by atoms with Crippen LogP contribution in [0.2, 0.25) is 0 Å². The molecule has 1 unspecified atom stereocenters. The Morgan fingerprint density at radius 3 is 3.00 bits per heavy atom. The van der Waals surface area contributed by atoms with Crippen molar-refractivity contribution >= 4 is 0 Å². The molecule has 1 atom stereocenters. The fraction of sp³-hybridized carbons (Fsp3) is 0.286. The van der Waals surface area contributed by atoms with Crippen LogP contribution in [0.25, 0.3) is 0 Å². The smallest absolute Gasteiger partial charge is 0.120 e. The molecule has 0 aliphatic rings. The number of nitrogens with zero attached hydrogens (tertiary/aromatic N) is 1. The van der Waals surface area contributed by atoms with Crippen molar-refractivity contribution in [2.75, 3.05) is 6.61 Å². The zero-order valence-electron chi connectivity index (χ0n) is 5.36. The first-order valence-electron chi connectivity index (χ1n) is 2.96. The average molecular weight is 138 g/mol. The molecule has 0 fully saturated rings. The number of aromatic nitrogens is 1. The molecule has 53 valence electrons. The number of hydrogen-bond donors (Lipinski definition) is 2. The van der Waals surface area contributed by atoms with Gasteiger partial charge >= 0.3 is 0 Å². The predicted molar refractivity (Wildman–Crippen MR) is 35.1 cm³/mol. The number of aliphatic hydroxyl groups is 2. The maximum Gasteiger partial charge on any atom is 0.120 e. The molecule has 2 N–H and O–H groups in total. The van der Waals surface area contributed by atoms with Crippen LogP contribution in [0.15, 0.2) is 18.3 Å². The molecule has 1 aromatic rings. The molecular formula is C7H8NO2. The standard InChI is InChI=1S/C7H8NO2/c9-5-7(10)6-3-1-2-4-8-6/h1-2,4,7,9-10H,5H2. The largest absolute Gasteiger partial charge is 0.393 e. The molecule has 1 rings (SSSR count). The summed E-state index contributed by atoms with van der Waals surface area (Å²) in [6.45, 7) is -0.312. The van der Waals surface area contributed by atoms with Crippen LogP contribution >= 0.6 is 0 Å². The highest BCUT2D eigenvalue weighted by Gasteiger charge is 2.04. The molecular weight excluding hydrogens is 130 g/mol. The van der Waals surface area contributed by atoms with Crippen LogP contribution in [0.4, 0.5) is 0 Å². The van der Waals surface area contributed by atoms with E-state index in [4.69, 9.17) is 10.2 Å². The van der Waals surface area contributed by atoms with E-state index in [1.54, 1.807) is 18.3 Å². The molecule has 0 bridgehead atoms. The van der Waals surface area contributed by atoms with Gasteiger partial charge in [0, 0.05) is 12.3 Å². The topological polar surface area (TPSA) is 53.4 Å². The Labute approximate surface area is 59.0 Å². The van der Waals surface area contributed by atoms with Gasteiger partial charge in [0.2, 0.25) is 0 Å². The van der Waals surface area contributed by atoms with Crippen LogP contribution < -0.4 is 0 Å². The summed E-state index contributed by atoms with van der Waals surface area (Å²) in [6.07, 6.45) is 0.645. The highest BCUT2D eigenvalue weighted by Crippen LogP contribution is 2.05. The highest BCUT2D eigenvalue weighted by atomic mass is 16.3. The van der Waals surface area contributed by atoms with Crippen molar-refractivity contribution in [2.24, 2.45) is 0 Å². The van der Waals surface area contributed by atoms with E-state index >= 15 is 0 Å². The van der Waals surface area contributed by atoms with Gasteiger partial charge < -0.3 is 10.2 Å². The quantitative estimate of drug-likeness (QED) is 0.600. The molecule has 3 heteroatoms. The molecule has 0 aliphatic heterocycles. The van der Waals surface area contributed by atoms with E-state index < -0.39 is 6.10 Å². The van der Waals surface area contributed by atoms with Gasteiger partial charge in [0.05, 0.1) is 12.3 Å². The minimum absolute atomic E-state index is 0.312. The van der Waals surface area contributed by atoms with Crippen LogP contribution in [0.3, 0.4) is 0 Å². The lowest BCUT2D eigenvalue weighted by Crippen LogP contribution is -2.04. The summed E-state index contributed by atoms with van der Waals surface area (Å²) in [5.74, 6) is 0. The Balaban J connectivity index is 2.75. The number of pyridine rings is 1. The Kier molecular flexibility index (Phi) is 2.36. The molecule has 0 aromatic carbocycles. The molecule has 0 saturated carbocycles. The van der Waals surface area contributed by atoms with Gasteiger partial charge in [-0.15, -0.1) is 0 Å². The summed E-state index contributed by atoms with van der Waals surface area (Å²) in [5.41, 5.74) is 0.380. The molecule has 1 aromatic heterocycles. The average Bonchev–Trinajstić information content (AvgIpc) is 2.05. The third kappa shape index (κ3) is 1.52. The van der Waals surface area contributed by atoms with E-state index in [-0.39, 0.29) is 6.61 Å².